The molecule has 0 aromatic carbocycles. The zero-order valence-electron chi connectivity index (χ0n) is 54.4. The first-order valence-corrected chi connectivity index (χ1v) is 36.7. The summed E-state index contributed by atoms with van der Waals surface area (Å²) in [5.41, 5.74) is 0. The van der Waals surface area contributed by atoms with Crippen LogP contribution in [0.1, 0.15) is 361 Å². The third-order valence-electron chi connectivity index (χ3n) is 16.1. The number of allylic oxidation sites excluding steroid dienone is 3. The van der Waals surface area contributed by atoms with Crippen molar-refractivity contribution in [3.05, 3.63) is 24.3 Å². The average molecular weight is 1150 g/mol. The quantitative estimate of drug-likeness (QED) is 0.0205. The van der Waals surface area contributed by atoms with Gasteiger partial charge >= 0.3 is 13.8 Å². The second kappa shape index (κ2) is 60.6. The lowest BCUT2D eigenvalue weighted by molar-refractivity contribution is -0.870. The molecule has 0 fully saturated rings. The van der Waals surface area contributed by atoms with Gasteiger partial charge in [0.15, 0.2) is 0 Å². The van der Waals surface area contributed by atoms with Crippen molar-refractivity contribution in [1.82, 2.24) is 5.32 Å². The normalized spacial score (nSPS) is 13.6. The molecule has 0 radical (unpaired) electrons. The summed E-state index contributed by atoms with van der Waals surface area (Å²) in [6.45, 7) is 7.07. The predicted molar refractivity (Wildman–Crippen MR) is 346 cm³/mol. The Labute approximate surface area is 498 Å². The summed E-state index contributed by atoms with van der Waals surface area (Å²) in [4.78, 5) is 37.9. The third-order valence-corrected chi connectivity index (χ3v) is 17.1. The monoisotopic (exact) mass is 1150 g/mol. The molecule has 1 amide bonds. The molecule has 0 bridgehead atoms. The first kappa shape index (κ1) is 78.5. The summed E-state index contributed by atoms with van der Waals surface area (Å²) in [5, 5.41) is 3.08. The van der Waals surface area contributed by atoms with Gasteiger partial charge < -0.3 is 19.4 Å². The van der Waals surface area contributed by atoms with Crippen LogP contribution in [0, 0.1) is 0 Å². The first-order valence-electron chi connectivity index (χ1n) is 35.2. The molecule has 3 unspecified atom stereocenters. The molecule has 80 heavy (non-hydrogen) atoms. The van der Waals surface area contributed by atoms with E-state index in [1.54, 1.807) is 0 Å². The second-order valence-corrected chi connectivity index (χ2v) is 26.9. The summed E-state index contributed by atoms with van der Waals surface area (Å²) >= 11 is 0. The topological polar surface area (TPSA) is 111 Å². The van der Waals surface area contributed by atoms with Gasteiger partial charge in [0, 0.05) is 12.8 Å². The molecule has 3 atom stereocenters. The van der Waals surface area contributed by atoms with Crippen molar-refractivity contribution in [1.29, 1.82) is 0 Å². The third kappa shape index (κ3) is 61.1. The van der Waals surface area contributed by atoms with Crippen molar-refractivity contribution in [3.8, 4) is 0 Å². The number of hydrogen-bond acceptors (Lipinski definition) is 6. The maximum atomic E-state index is 13.6. The molecule has 0 saturated carbocycles. The number of amides is 1. The van der Waals surface area contributed by atoms with Crippen LogP contribution in [0.3, 0.4) is 0 Å². The van der Waals surface area contributed by atoms with Gasteiger partial charge in [-0.25, -0.2) is 4.57 Å². The van der Waals surface area contributed by atoms with E-state index in [1.807, 2.05) is 33.3 Å². The van der Waals surface area contributed by atoms with E-state index >= 15 is 0 Å². The maximum absolute atomic E-state index is 13.6. The lowest BCUT2D eigenvalue weighted by Gasteiger charge is -2.27. The molecule has 0 aromatic heterocycles. The van der Waals surface area contributed by atoms with E-state index in [0.29, 0.717) is 23.9 Å². The molecule has 0 saturated heterocycles. The molecule has 0 aromatic rings. The highest BCUT2D eigenvalue weighted by Crippen LogP contribution is 2.43. The van der Waals surface area contributed by atoms with E-state index in [1.165, 1.54) is 270 Å². The molecule has 0 heterocycles. The van der Waals surface area contributed by atoms with Crippen LogP contribution in [0.5, 0.6) is 0 Å². The number of carbonyl (C=O) groups excluding carboxylic acids is 2. The Hall–Kier alpha value is -1.51. The summed E-state index contributed by atoms with van der Waals surface area (Å²) in [6.07, 6.45) is 73.3. The lowest BCUT2D eigenvalue weighted by Crippen LogP contribution is -2.47. The minimum Gasteiger partial charge on any atom is -0.456 e. The number of hydrogen-bond donors (Lipinski definition) is 2. The van der Waals surface area contributed by atoms with Gasteiger partial charge in [-0.15, -0.1) is 0 Å². The fourth-order valence-corrected chi connectivity index (χ4v) is 11.4. The molecule has 0 aliphatic carbocycles. The van der Waals surface area contributed by atoms with Crippen LogP contribution < -0.4 is 5.32 Å². The fourth-order valence-electron chi connectivity index (χ4n) is 10.7. The maximum Gasteiger partial charge on any atom is 0.472 e. The highest BCUT2D eigenvalue weighted by Gasteiger charge is 2.30. The first-order chi connectivity index (χ1) is 38.9. The predicted octanol–water partition coefficient (Wildman–Crippen LogP) is 22.1. The Balaban J connectivity index is 5.06. The van der Waals surface area contributed by atoms with E-state index in [-0.39, 0.29) is 25.1 Å². The van der Waals surface area contributed by atoms with Gasteiger partial charge in [-0.2, -0.15) is 0 Å². The van der Waals surface area contributed by atoms with Crippen molar-refractivity contribution in [2.75, 3.05) is 40.9 Å². The van der Waals surface area contributed by atoms with Crippen LogP contribution >= 0.6 is 7.82 Å². The number of quaternary nitrogens is 1. The zero-order valence-corrected chi connectivity index (χ0v) is 55.2. The van der Waals surface area contributed by atoms with Crippen LogP contribution in [0.4, 0.5) is 0 Å². The number of rotatable bonds is 65. The molecule has 0 aliphatic heterocycles. The Morgan fingerprint density at radius 1 is 0.425 bits per heavy atom. The molecule has 10 heteroatoms. The van der Waals surface area contributed by atoms with Crippen LogP contribution in [0.15, 0.2) is 24.3 Å². The Bertz CT molecular complexity index is 1420. The van der Waals surface area contributed by atoms with Crippen molar-refractivity contribution >= 4 is 19.7 Å². The minimum atomic E-state index is -4.45. The number of unbranched alkanes of at least 4 members (excludes halogenated alkanes) is 47. The number of nitrogens with zero attached hydrogens (tertiary/aromatic N) is 1. The van der Waals surface area contributed by atoms with Crippen LogP contribution in [0.2, 0.25) is 0 Å². The number of ether oxygens (including phenoxy) is 1. The molecule has 474 valence electrons. The Morgan fingerprint density at radius 2 is 0.725 bits per heavy atom. The van der Waals surface area contributed by atoms with Gasteiger partial charge in [0.2, 0.25) is 5.91 Å². The van der Waals surface area contributed by atoms with E-state index in [0.717, 1.165) is 57.8 Å². The highest BCUT2D eigenvalue weighted by atomic mass is 31.2. The van der Waals surface area contributed by atoms with Gasteiger partial charge in [0.25, 0.3) is 0 Å². The van der Waals surface area contributed by atoms with Gasteiger partial charge in [0.05, 0.1) is 33.8 Å². The van der Waals surface area contributed by atoms with Gasteiger partial charge in [-0.05, 0) is 57.4 Å². The molecule has 9 nitrogen and oxygen atoms in total. The smallest absolute Gasteiger partial charge is 0.456 e. The van der Waals surface area contributed by atoms with Crippen molar-refractivity contribution in [3.63, 3.8) is 0 Å². The standard InChI is InChI=1S/C70H137N2O7P/c1-7-10-13-16-19-22-25-28-30-32-34-35-36-37-39-41-43-45-48-51-54-57-60-63-70(74)79-68(61-58-55-52-49-46-27-24-21-18-15-12-9-3)67(66-78-80(75,76)77-65-64-72(4,5)6)71-69(73)62-59-56-53-50-47-44-42-40-38-33-31-29-26-23-20-17-14-11-8-2/h28,30,58,61,67-68H,7-27,29,31-57,59-60,62-66H2,1-6H3,(H-,71,73,75,76)/p+1/b30-28+,61-58+. The Morgan fingerprint density at radius 3 is 1.06 bits per heavy atom. The van der Waals surface area contributed by atoms with Crippen LogP contribution in [0.25, 0.3) is 0 Å². The molecule has 2 N–H and O–H groups in total. The summed E-state index contributed by atoms with van der Waals surface area (Å²) in [5.74, 6) is -0.482. The Kier molecular flexibility index (Phi) is 59.5. The largest absolute Gasteiger partial charge is 0.472 e. The fraction of sp³-hybridized carbons (Fsp3) is 0.914. The number of likely N-dealkylation sites (N-methyl/N-ethyl adjacent to an activating group) is 1. The van der Waals surface area contributed by atoms with Crippen LogP contribution in [-0.4, -0.2) is 74.3 Å². The van der Waals surface area contributed by atoms with E-state index < -0.39 is 20.0 Å². The van der Waals surface area contributed by atoms with Crippen molar-refractivity contribution in [2.24, 2.45) is 0 Å². The SMILES string of the molecule is CCCCCCCC/C=C/CCCCCCCCCCCCCCCC(=O)OC(/C=C/CCCCCCCCCCCC)C(COP(=O)(O)OCC[N+](C)(C)C)NC(=O)CCCCCCCCCCCCCCCCCCCCC. The van der Waals surface area contributed by atoms with E-state index in [9.17, 15) is 19.0 Å². The molecule has 0 spiro atoms. The lowest BCUT2D eigenvalue weighted by atomic mass is 10.0. The van der Waals surface area contributed by atoms with Gasteiger partial charge in [-0.1, -0.05) is 315 Å². The number of phosphoric ester groups is 1. The summed E-state index contributed by atoms with van der Waals surface area (Å²) in [7, 11) is 1.52. The molecular weight excluding hydrogens is 1010 g/mol. The van der Waals surface area contributed by atoms with Crippen molar-refractivity contribution < 1.29 is 37.3 Å². The van der Waals surface area contributed by atoms with Gasteiger partial charge in [0.1, 0.15) is 19.3 Å². The minimum absolute atomic E-state index is 0.0445. The molecule has 0 rings (SSSR count). The molecule has 0 aliphatic rings. The number of phosphoric acid groups is 1. The van der Waals surface area contributed by atoms with Crippen LogP contribution in [-0.2, 0) is 27.9 Å². The van der Waals surface area contributed by atoms with E-state index in [4.69, 9.17) is 13.8 Å². The summed E-state index contributed by atoms with van der Waals surface area (Å²) in [6, 6.07) is -0.843. The zero-order chi connectivity index (χ0) is 58.6. The van der Waals surface area contributed by atoms with E-state index in [2.05, 4.69) is 38.2 Å². The highest BCUT2D eigenvalue weighted by molar-refractivity contribution is 7.47. The number of esters is 1. The second-order valence-electron chi connectivity index (χ2n) is 25.4. The molecular formula is C70H138N2O7P+. The number of carbonyl (C=O) groups is 2. The van der Waals surface area contributed by atoms with Gasteiger partial charge in [-0.3, -0.25) is 18.6 Å². The average Bonchev–Trinajstić information content (AvgIpc) is 3.43. The van der Waals surface area contributed by atoms with Crippen molar-refractivity contribution in [2.45, 2.75) is 373 Å². The number of nitrogens with one attached hydrogen (secondary N) is 1. The summed E-state index contributed by atoms with van der Waals surface area (Å²) < 4.78 is 30.8.